The lowest BCUT2D eigenvalue weighted by Gasteiger charge is -2.20. The van der Waals surface area contributed by atoms with Crippen molar-refractivity contribution in [2.75, 3.05) is 13.2 Å². The third-order valence-corrected chi connectivity index (χ3v) is 6.08. The van der Waals surface area contributed by atoms with Crippen LogP contribution in [0.2, 0.25) is 0 Å². The molecule has 0 atom stereocenters. The Morgan fingerprint density at radius 2 is 2.06 bits per heavy atom. The molecule has 7 heteroatoms. The van der Waals surface area contributed by atoms with Crippen LogP contribution in [0, 0.1) is 6.92 Å². The topological polar surface area (TPSA) is 81.9 Å². The second kappa shape index (κ2) is 8.94. The monoisotopic (exact) mass is 429 g/mol. The van der Waals surface area contributed by atoms with Crippen LogP contribution in [0.3, 0.4) is 0 Å². The van der Waals surface area contributed by atoms with E-state index < -0.39 is 0 Å². The molecule has 5 rings (SSSR count). The standard InChI is InChI=1S/C25H27N5O2/c1-17-14-22(29-25(28-17)30-12-11-26-16-30)20-4-2-3-5-21(20)24(31)27-10-8-18-6-7-23-19(15-18)9-13-32-23/h6-7,11-12,14-16H,2-5,8-10,13H2,1H3,(H,27,31). The minimum absolute atomic E-state index is 0.0182. The van der Waals surface area contributed by atoms with E-state index in [0.717, 1.165) is 73.4 Å². The van der Waals surface area contributed by atoms with Crippen molar-refractivity contribution in [3.63, 3.8) is 0 Å². The normalized spacial score (nSPS) is 15.4. The van der Waals surface area contributed by atoms with Crippen LogP contribution < -0.4 is 10.1 Å². The molecule has 0 saturated carbocycles. The molecule has 3 aromatic rings. The van der Waals surface area contributed by atoms with Gasteiger partial charge in [0.05, 0.1) is 12.3 Å². The van der Waals surface area contributed by atoms with Gasteiger partial charge in [-0.3, -0.25) is 9.36 Å². The van der Waals surface area contributed by atoms with E-state index in [1.165, 1.54) is 11.1 Å². The number of carbonyl (C=O) groups excluding carboxylic acids is 1. The molecule has 0 spiro atoms. The lowest BCUT2D eigenvalue weighted by atomic mass is 9.89. The number of fused-ring (bicyclic) bond motifs is 1. The Bertz CT molecular complexity index is 1170. The molecule has 1 aliphatic carbocycles. The molecule has 0 fully saturated rings. The number of aryl methyl sites for hydroxylation is 1. The summed E-state index contributed by atoms with van der Waals surface area (Å²) in [7, 11) is 0. The maximum Gasteiger partial charge on any atom is 0.247 e. The lowest BCUT2D eigenvalue weighted by Crippen LogP contribution is -2.28. The zero-order valence-corrected chi connectivity index (χ0v) is 18.3. The molecule has 2 aromatic heterocycles. The van der Waals surface area contributed by atoms with Gasteiger partial charge in [0, 0.05) is 36.6 Å². The fourth-order valence-corrected chi connectivity index (χ4v) is 4.46. The Balaban J connectivity index is 1.33. The lowest BCUT2D eigenvalue weighted by molar-refractivity contribution is -0.117. The molecule has 1 N–H and O–H groups in total. The quantitative estimate of drug-likeness (QED) is 0.648. The van der Waals surface area contributed by atoms with Crippen LogP contribution in [0.1, 0.15) is 48.2 Å². The van der Waals surface area contributed by atoms with E-state index in [9.17, 15) is 4.79 Å². The van der Waals surface area contributed by atoms with Gasteiger partial charge in [0.25, 0.3) is 0 Å². The zero-order chi connectivity index (χ0) is 21.9. The number of imidazole rings is 1. The van der Waals surface area contributed by atoms with Gasteiger partial charge in [-0.25, -0.2) is 15.0 Å². The number of ether oxygens (including phenoxy) is 1. The molecule has 0 radical (unpaired) electrons. The predicted molar refractivity (Wildman–Crippen MR) is 122 cm³/mol. The number of aromatic nitrogens is 4. The summed E-state index contributed by atoms with van der Waals surface area (Å²) in [5.41, 5.74) is 6.09. The van der Waals surface area contributed by atoms with Gasteiger partial charge in [0.1, 0.15) is 12.1 Å². The van der Waals surface area contributed by atoms with Gasteiger partial charge in [-0.15, -0.1) is 0 Å². The van der Waals surface area contributed by atoms with Crippen LogP contribution in [0.5, 0.6) is 5.75 Å². The molecule has 7 nitrogen and oxygen atoms in total. The van der Waals surface area contributed by atoms with Crippen LogP contribution >= 0.6 is 0 Å². The molecule has 1 amide bonds. The second-order valence-electron chi connectivity index (χ2n) is 8.38. The largest absolute Gasteiger partial charge is 0.493 e. The molecule has 164 valence electrons. The predicted octanol–water partition coefficient (Wildman–Crippen LogP) is 3.59. The highest BCUT2D eigenvalue weighted by Crippen LogP contribution is 2.32. The summed E-state index contributed by atoms with van der Waals surface area (Å²) in [5, 5.41) is 3.14. The van der Waals surface area contributed by atoms with Crippen LogP contribution in [0.15, 0.2) is 48.6 Å². The molecular formula is C25H27N5O2. The molecular weight excluding hydrogens is 402 g/mol. The van der Waals surface area contributed by atoms with Crippen molar-refractivity contribution in [2.24, 2.45) is 0 Å². The van der Waals surface area contributed by atoms with Crippen LogP contribution in [0.4, 0.5) is 0 Å². The Kier molecular flexibility index (Phi) is 5.71. The van der Waals surface area contributed by atoms with Crippen molar-refractivity contribution in [3.05, 3.63) is 71.1 Å². The highest BCUT2D eigenvalue weighted by Gasteiger charge is 2.22. The maximum atomic E-state index is 13.1. The summed E-state index contributed by atoms with van der Waals surface area (Å²) in [6, 6.07) is 8.29. The van der Waals surface area contributed by atoms with Crippen molar-refractivity contribution in [2.45, 2.75) is 45.4 Å². The van der Waals surface area contributed by atoms with Crippen LogP contribution in [0.25, 0.3) is 11.5 Å². The van der Waals surface area contributed by atoms with Crippen molar-refractivity contribution in [1.82, 2.24) is 24.8 Å². The maximum absolute atomic E-state index is 13.1. The third-order valence-electron chi connectivity index (χ3n) is 6.08. The van der Waals surface area contributed by atoms with E-state index in [2.05, 4.69) is 27.4 Å². The Hall–Kier alpha value is -3.48. The summed E-state index contributed by atoms with van der Waals surface area (Å²) in [6.07, 6.45) is 10.7. The van der Waals surface area contributed by atoms with Crippen molar-refractivity contribution in [1.29, 1.82) is 0 Å². The number of amides is 1. The molecule has 0 saturated heterocycles. The number of hydrogen-bond donors (Lipinski definition) is 1. The number of carbonyl (C=O) groups is 1. The van der Waals surface area contributed by atoms with Gasteiger partial charge in [-0.05, 0) is 67.9 Å². The molecule has 2 aliphatic rings. The summed E-state index contributed by atoms with van der Waals surface area (Å²) in [5.74, 6) is 1.59. The van der Waals surface area contributed by atoms with Crippen molar-refractivity contribution < 1.29 is 9.53 Å². The Morgan fingerprint density at radius 3 is 2.94 bits per heavy atom. The molecule has 0 unspecified atom stereocenters. The smallest absolute Gasteiger partial charge is 0.247 e. The summed E-state index contributed by atoms with van der Waals surface area (Å²) in [4.78, 5) is 26.5. The average Bonchev–Trinajstić information content (AvgIpc) is 3.50. The SMILES string of the molecule is Cc1cc(C2=C(C(=O)NCCc3ccc4c(c3)CCO4)CCCC2)nc(-n2ccnc2)n1. The highest BCUT2D eigenvalue weighted by molar-refractivity contribution is 6.01. The van der Waals surface area contributed by atoms with E-state index in [-0.39, 0.29) is 5.91 Å². The van der Waals surface area contributed by atoms with Gasteiger partial charge in [-0.1, -0.05) is 12.1 Å². The first-order chi connectivity index (χ1) is 15.7. The summed E-state index contributed by atoms with van der Waals surface area (Å²) < 4.78 is 7.37. The molecule has 0 bridgehead atoms. The van der Waals surface area contributed by atoms with Crippen molar-refractivity contribution >= 4 is 11.5 Å². The first-order valence-corrected chi connectivity index (χ1v) is 11.3. The number of benzene rings is 1. The fourth-order valence-electron chi connectivity index (χ4n) is 4.46. The molecule has 1 aliphatic heterocycles. The number of hydrogen-bond acceptors (Lipinski definition) is 5. The van der Waals surface area contributed by atoms with E-state index in [4.69, 9.17) is 9.72 Å². The van der Waals surface area contributed by atoms with Crippen LogP contribution in [-0.4, -0.2) is 38.6 Å². The van der Waals surface area contributed by atoms with Crippen molar-refractivity contribution in [3.8, 4) is 11.7 Å². The third kappa shape index (κ3) is 4.28. The number of rotatable bonds is 6. The van der Waals surface area contributed by atoms with E-state index in [0.29, 0.717) is 12.5 Å². The molecule has 3 heterocycles. The first kappa shape index (κ1) is 20.4. The highest BCUT2D eigenvalue weighted by atomic mass is 16.5. The second-order valence-corrected chi connectivity index (χ2v) is 8.38. The summed E-state index contributed by atoms with van der Waals surface area (Å²) >= 11 is 0. The fraction of sp³-hybridized carbons (Fsp3) is 0.360. The Morgan fingerprint density at radius 1 is 1.16 bits per heavy atom. The molecule has 1 aromatic carbocycles. The number of nitrogens with zero attached hydrogens (tertiary/aromatic N) is 4. The minimum Gasteiger partial charge on any atom is -0.493 e. The average molecular weight is 430 g/mol. The Labute approximate surface area is 187 Å². The minimum atomic E-state index is 0.0182. The number of allylic oxidation sites excluding steroid dienone is 1. The van der Waals surface area contributed by atoms with Gasteiger partial charge in [-0.2, -0.15) is 0 Å². The zero-order valence-electron chi connectivity index (χ0n) is 18.3. The van der Waals surface area contributed by atoms with E-state index >= 15 is 0 Å². The number of nitrogens with one attached hydrogen (secondary N) is 1. The van der Waals surface area contributed by atoms with Crippen LogP contribution in [-0.2, 0) is 17.6 Å². The van der Waals surface area contributed by atoms with Gasteiger partial charge >= 0.3 is 0 Å². The van der Waals surface area contributed by atoms with Gasteiger partial charge in [0.15, 0.2) is 0 Å². The van der Waals surface area contributed by atoms with Gasteiger partial charge in [0.2, 0.25) is 11.9 Å². The first-order valence-electron chi connectivity index (χ1n) is 11.3. The van der Waals surface area contributed by atoms with E-state index in [1.807, 2.05) is 25.3 Å². The van der Waals surface area contributed by atoms with E-state index in [1.54, 1.807) is 17.1 Å². The summed E-state index contributed by atoms with van der Waals surface area (Å²) in [6.45, 7) is 3.33. The van der Waals surface area contributed by atoms with Gasteiger partial charge < -0.3 is 10.1 Å². The molecule has 32 heavy (non-hydrogen) atoms.